The fourth-order valence-corrected chi connectivity index (χ4v) is 1.76. The Bertz CT molecular complexity index is 477. The van der Waals surface area contributed by atoms with Crippen LogP contribution in [-0.4, -0.2) is 28.6 Å². The Morgan fingerprint density at radius 3 is 2.25 bits per heavy atom. The van der Waals surface area contributed by atoms with Crippen molar-refractivity contribution in [2.75, 3.05) is 0 Å². The van der Waals surface area contributed by atoms with Crippen molar-refractivity contribution in [3.05, 3.63) is 35.4 Å². The average Bonchev–Trinajstić information content (AvgIpc) is 2.42. The van der Waals surface area contributed by atoms with E-state index in [-0.39, 0.29) is 0 Å². The van der Waals surface area contributed by atoms with Crippen molar-refractivity contribution in [2.45, 2.75) is 38.8 Å². The van der Waals surface area contributed by atoms with E-state index < -0.39 is 23.4 Å². The average molecular weight is 279 g/mol. The molecule has 0 radical (unpaired) electrons. The van der Waals surface area contributed by atoms with Crippen molar-refractivity contribution >= 4 is 11.8 Å². The zero-order valence-corrected chi connectivity index (χ0v) is 11.9. The Morgan fingerprint density at radius 2 is 1.85 bits per heavy atom. The van der Waals surface area contributed by atoms with Crippen LogP contribution < -0.4 is 16.5 Å². The van der Waals surface area contributed by atoms with Crippen LogP contribution in [0.3, 0.4) is 0 Å². The summed E-state index contributed by atoms with van der Waals surface area (Å²) >= 11 is 0. The van der Waals surface area contributed by atoms with Crippen LogP contribution in [0.4, 0.5) is 0 Å². The van der Waals surface area contributed by atoms with Gasteiger partial charge >= 0.3 is 0 Å². The lowest BCUT2D eigenvalue weighted by atomic mass is 9.95. The molecule has 5 N–H and O–H groups in total. The third-order valence-electron chi connectivity index (χ3n) is 3.02. The van der Waals surface area contributed by atoms with E-state index in [1.54, 1.807) is 26.0 Å². The molecule has 110 valence electrons. The second-order valence-corrected chi connectivity index (χ2v) is 5.25. The summed E-state index contributed by atoms with van der Waals surface area (Å²) in [5.41, 5.74) is 7.90. The Kier molecular flexibility index (Phi) is 5.24. The molecule has 0 aliphatic rings. The highest BCUT2D eigenvalue weighted by Crippen LogP contribution is 2.09. The second kappa shape index (κ2) is 6.49. The van der Waals surface area contributed by atoms with Gasteiger partial charge in [-0.3, -0.25) is 14.8 Å². The molecule has 20 heavy (non-hydrogen) atoms. The molecule has 0 saturated carbocycles. The number of nitrogens with one attached hydrogen (secondary N) is 2. The maximum atomic E-state index is 12.1. The van der Waals surface area contributed by atoms with Gasteiger partial charge in [0.2, 0.25) is 0 Å². The summed E-state index contributed by atoms with van der Waals surface area (Å²) < 4.78 is 0. The summed E-state index contributed by atoms with van der Waals surface area (Å²) in [5.74, 6) is -1.17. The van der Waals surface area contributed by atoms with Gasteiger partial charge in [0.1, 0.15) is 6.04 Å². The van der Waals surface area contributed by atoms with Gasteiger partial charge in [0.25, 0.3) is 11.8 Å². The molecule has 0 aliphatic heterocycles. The minimum atomic E-state index is -1.04. The van der Waals surface area contributed by atoms with E-state index in [1.807, 2.05) is 19.1 Å². The van der Waals surface area contributed by atoms with Gasteiger partial charge in [-0.05, 0) is 38.0 Å². The molecule has 0 aromatic heterocycles. The Morgan fingerprint density at radius 1 is 1.30 bits per heavy atom. The standard InChI is InChI=1S/C14H21N3O3/c1-4-9-5-7-10(8-6-9)12(18)16-11(13(19)17-20)14(2,3)15/h5-8,11,20H,4,15H2,1-3H3,(H,16,18)(H,17,19)/t11-/m1/s1. The lowest BCUT2D eigenvalue weighted by Crippen LogP contribution is -2.61. The lowest BCUT2D eigenvalue weighted by molar-refractivity contribution is -0.132. The van der Waals surface area contributed by atoms with Crippen molar-refractivity contribution in [3.63, 3.8) is 0 Å². The van der Waals surface area contributed by atoms with Gasteiger partial charge < -0.3 is 11.1 Å². The molecule has 6 heteroatoms. The molecule has 0 bridgehead atoms. The normalized spacial score (nSPS) is 12.7. The molecule has 1 aromatic rings. The second-order valence-electron chi connectivity index (χ2n) is 5.25. The van der Waals surface area contributed by atoms with E-state index in [1.165, 1.54) is 5.48 Å². The summed E-state index contributed by atoms with van der Waals surface area (Å²) in [6, 6.07) is 6.04. The van der Waals surface area contributed by atoms with Gasteiger partial charge in [-0.15, -0.1) is 0 Å². The quantitative estimate of drug-likeness (QED) is 0.467. The predicted molar refractivity (Wildman–Crippen MR) is 75.3 cm³/mol. The summed E-state index contributed by atoms with van der Waals surface area (Å²) in [6.45, 7) is 5.20. The first-order chi connectivity index (χ1) is 9.29. The van der Waals surface area contributed by atoms with Crippen LogP contribution in [0.15, 0.2) is 24.3 Å². The molecule has 1 atom stereocenters. The number of aryl methyl sites for hydroxylation is 1. The van der Waals surface area contributed by atoms with Gasteiger partial charge in [0.15, 0.2) is 0 Å². The van der Waals surface area contributed by atoms with Crippen molar-refractivity contribution in [1.82, 2.24) is 10.8 Å². The number of hydrogen-bond donors (Lipinski definition) is 4. The summed E-state index contributed by atoms with van der Waals surface area (Å²) in [4.78, 5) is 23.7. The van der Waals surface area contributed by atoms with Crippen LogP contribution in [0.2, 0.25) is 0 Å². The summed E-state index contributed by atoms with van der Waals surface area (Å²) in [6.07, 6.45) is 0.882. The van der Waals surface area contributed by atoms with Crippen LogP contribution in [0.5, 0.6) is 0 Å². The highest BCUT2D eigenvalue weighted by Gasteiger charge is 2.33. The van der Waals surface area contributed by atoms with Gasteiger partial charge in [0.05, 0.1) is 0 Å². The van der Waals surface area contributed by atoms with Crippen LogP contribution in [0.1, 0.15) is 36.7 Å². The first-order valence-electron chi connectivity index (χ1n) is 6.42. The van der Waals surface area contributed by atoms with Gasteiger partial charge in [-0.25, -0.2) is 5.48 Å². The number of amides is 2. The van der Waals surface area contributed by atoms with Gasteiger partial charge in [-0.1, -0.05) is 19.1 Å². The SMILES string of the molecule is CCc1ccc(C(=O)N[C@H](C(=O)NO)C(C)(C)N)cc1. The van der Waals surface area contributed by atoms with Crippen LogP contribution in [0, 0.1) is 0 Å². The fraction of sp³-hybridized carbons (Fsp3) is 0.429. The minimum absolute atomic E-state index is 0.417. The molecule has 1 rings (SSSR count). The molecule has 0 unspecified atom stereocenters. The number of nitrogens with two attached hydrogens (primary N) is 1. The Balaban J connectivity index is 2.87. The molecule has 6 nitrogen and oxygen atoms in total. The molecule has 0 fully saturated rings. The number of benzene rings is 1. The van der Waals surface area contributed by atoms with E-state index in [9.17, 15) is 9.59 Å². The fourth-order valence-electron chi connectivity index (χ4n) is 1.76. The van der Waals surface area contributed by atoms with Crippen LogP contribution in [-0.2, 0) is 11.2 Å². The molecule has 0 aliphatic carbocycles. The van der Waals surface area contributed by atoms with Crippen LogP contribution in [0.25, 0.3) is 0 Å². The number of rotatable bonds is 5. The molecule has 0 spiro atoms. The summed E-state index contributed by atoms with van der Waals surface area (Å²) in [7, 11) is 0. The maximum Gasteiger partial charge on any atom is 0.267 e. The number of hydroxylamine groups is 1. The summed E-state index contributed by atoms with van der Waals surface area (Å²) in [5, 5.41) is 11.2. The first kappa shape index (κ1) is 16.1. The number of hydrogen-bond acceptors (Lipinski definition) is 4. The third kappa shape index (κ3) is 4.04. The monoisotopic (exact) mass is 279 g/mol. The van der Waals surface area contributed by atoms with Crippen molar-refractivity contribution < 1.29 is 14.8 Å². The zero-order valence-electron chi connectivity index (χ0n) is 11.9. The lowest BCUT2D eigenvalue weighted by Gasteiger charge is -2.29. The van der Waals surface area contributed by atoms with E-state index in [0.717, 1.165) is 12.0 Å². The molecule has 1 aromatic carbocycles. The first-order valence-corrected chi connectivity index (χ1v) is 6.42. The maximum absolute atomic E-state index is 12.1. The molecule has 2 amide bonds. The number of carbonyl (C=O) groups excluding carboxylic acids is 2. The van der Waals surface area contributed by atoms with E-state index in [2.05, 4.69) is 5.32 Å². The number of carbonyl (C=O) groups is 2. The largest absolute Gasteiger partial charge is 0.338 e. The zero-order chi connectivity index (χ0) is 15.3. The van der Waals surface area contributed by atoms with E-state index >= 15 is 0 Å². The predicted octanol–water partition coefficient (Wildman–Crippen LogP) is 0.590. The molecular formula is C14H21N3O3. The van der Waals surface area contributed by atoms with Crippen molar-refractivity contribution in [3.8, 4) is 0 Å². The molecule has 0 heterocycles. The van der Waals surface area contributed by atoms with E-state index in [0.29, 0.717) is 5.56 Å². The van der Waals surface area contributed by atoms with E-state index in [4.69, 9.17) is 10.9 Å². The Labute approximate surface area is 118 Å². The topological polar surface area (TPSA) is 104 Å². The van der Waals surface area contributed by atoms with Crippen molar-refractivity contribution in [1.29, 1.82) is 0 Å². The highest BCUT2D eigenvalue weighted by molar-refractivity contribution is 5.97. The molecular weight excluding hydrogens is 258 g/mol. The van der Waals surface area contributed by atoms with Crippen LogP contribution >= 0.6 is 0 Å². The third-order valence-corrected chi connectivity index (χ3v) is 3.02. The minimum Gasteiger partial charge on any atom is -0.338 e. The molecule has 0 saturated heterocycles. The highest BCUT2D eigenvalue weighted by atomic mass is 16.5. The van der Waals surface area contributed by atoms with Gasteiger partial charge in [-0.2, -0.15) is 0 Å². The Hall–Kier alpha value is -1.92. The smallest absolute Gasteiger partial charge is 0.267 e. The van der Waals surface area contributed by atoms with Gasteiger partial charge in [0, 0.05) is 11.1 Å². The van der Waals surface area contributed by atoms with Crippen molar-refractivity contribution in [2.24, 2.45) is 5.73 Å².